The van der Waals surface area contributed by atoms with Gasteiger partial charge in [0, 0.05) is 6.07 Å². The van der Waals surface area contributed by atoms with Gasteiger partial charge in [-0.3, -0.25) is 9.51 Å². The Morgan fingerprint density at radius 3 is 2.95 bits per heavy atom. The van der Waals surface area contributed by atoms with E-state index in [-0.39, 0.29) is 5.82 Å². The number of H-pyrrole nitrogens is 1. The van der Waals surface area contributed by atoms with E-state index in [0.717, 1.165) is 0 Å². The zero-order valence-corrected chi connectivity index (χ0v) is 12.5. The van der Waals surface area contributed by atoms with Gasteiger partial charge < -0.3 is 9.47 Å². The van der Waals surface area contributed by atoms with Crippen LogP contribution in [0.2, 0.25) is 0 Å². The summed E-state index contributed by atoms with van der Waals surface area (Å²) in [5.41, 5.74) is 0.579. The standard InChI is InChI=1S/C12H11N5O4S/c1-3-20-10-8(9-15-12(18)21-17-9)22-11(16-10)6-4-7(19-2)14-5-13-6/h4-5H,3H2,1-2H3,(H,15,17,18). The third-order valence-corrected chi connectivity index (χ3v) is 3.67. The van der Waals surface area contributed by atoms with Crippen molar-refractivity contribution in [2.24, 2.45) is 0 Å². The van der Waals surface area contributed by atoms with Gasteiger partial charge in [0.25, 0.3) is 0 Å². The summed E-state index contributed by atoms with van der Waals surface area (Å²) >= 11 is 1.26. The molecule has 3 aromatic rings. The molecule has 0 bridgehead atoms. The first-order chi connectivity index (χ1) is 10.7. The third kappa shape index (κ3) is 2.68. The second-order valence-electron chi connectivity index (χ2n) is 3.98. The molecule has 0 saturated carbocycles. The van der Waals surface area contributed by atoms with Gasteiger partial charge in [-0.05, 0) is 6.92 Å². The molecular formula is C12H11N5O4S. The first kappa shape index (κ1) is 14.2. The fourth-order valence-electron chi connectivity index (χ4n) is 1.70. The Labute approximate surface area is 128 Å². The summed E-state index contributed by atoms with van der Waals surface area (Å²) in [6.45, 7) is 2.26. The first-order valence-corrected chi connectivity index (χ1v) is 7.09. The molecule has 0 unspecified atom stereocenters. The second-order valence-corrected chi connectivity index (χ2v) is 4.97. The predicted molar refractivity (Wildman–Crippen MR) is 77.0 cm³/mol. The van der Waals surface area contributed by atoms with Crippen LogP contribution in [-0.2, 0) is 0 Å². The first-order valence-electron chi connectivity index (χ1n) is 6.27. The van der Waals surface area contributed by atoms with Crippen molar-refractivity contribution < 1.29 is 14.0 Å². The van der Waals surface area contributed by atoms with Crippen LogP contribution in [0.4, 0.5) is 0 Å². The number of aromatic nitrogens is 5. The van der Waals surface area contributed by atoms with Crippen LogP contribution in [0.5, 0.6) is 11.8 Å². The van der Waals surface area contributed by atoms with Crippen molar-refractivity contribution in [1.29, 1.82) is 0 Å². The zero-order valence-electron chi connectivity index (χ0n) is 11.7. The number of nitrogens with one attached hydrogen (secondary N) is 1. The maximum atomic E-state index is 11.1. The molecule has 114 valence electrons. The minimum absolute atomic E-state index is 0.262. The molecule has 3 aromatic heterocycles. The van der Waals surface area contributed by atoms with Crippen LogP contribution in [0.3, 0.4) is 0 Å². The molecule has 0 spiro atoms. The van der Waals surface area contributed by atoms with Crippen LogP contribution < -0.4 is 15.2 Å². The maximum Gasteiger partial charge on any atom is 0.439 e. The molecule has 0 amide bonds. The van der Waals surface area contributed by atoms with E-state index in [1.807, 2.05) is 6.92 Å². The zero-order chi connectivity index (χ0) is 15.5. The number of nitrogens with zero attached hydrogens (tertiary/aromatic N) is 4. The summed E-state index contributed by atoms with van der Waals surface area (Å²) < 4.78 is 15.1. The van der Waals surface area contributed by atoms with E-state index in [9.17, 15) is 4.79 Å². The van der Waals surface area contributed by atoms with E-state index in [0.29, 0.717) is 33.9 Å². The summed E-state index contributed by atoms with van der Waals surface area (Å²) in [5, 5.41) is 4.25. The fraction of sp³-hybridized carbons (Fsp3) is 0.250. The van der Waals surface area contributed by atoms with Gasteiger partial charge >= 0.3 is 5.76 Å². The van der Waals surface area contributed by atoms with Gasteiger partial charge in [0.2, 0.25) is 11.8 Å². The van der Waals surface area contributed by atoms with Crippen molar-refractivity contribution in [2.45, 2.75) is 6.92 Å². The highest BCUT2D eigenvalue weighted by Gasteiger charge is 2.20. The van der Waals surface area contributed by atoms with Crippen LogP contribution in [0, 0.1) is 0 Å². The van der Waals surface area contributed by atoms with Gasteiger partial charge in [0.05, 0.1) is 13.7 Å². The molecule has 10 heteroatoms. The highest BCUT2D eigenvalue weighted by atomic mass is 32.1. The number of ether oxygens (including phenoxy) is 2. The van der Waals surface area contributed by atoms with E-state index >= 15 is 0 Å². The molecule has 0 saturated heterocycles. The lowest BCUT2D eigenvalue weighted by atomic mass is 10.4. The van der Waals surface area contributed by atoms with Gasteiger partial charge in [-0.25, -0.2) is 14.8 Å². The van der Waals surface area contributed by atoms with Crippen LogP contribution in [0.1, 0.15) is 6.92 Å². The van der Waals surface area contributed by atoms with Gasteiger partial charge in [-0.15, -0.1) is 11.3 Å². The molecule has 0 aliphatic carbocycles. The van der Waals surface area contributed by atoms with E-state index in [1.54, 1.807) is 6.07 Å². The van der Waals surface area contributed by atoms with E-state index in [1.165, 1.54) is 24.8 Å². The molecule has 0 aliphatic heterocycles. The number of methoxy groups -OCH3 is 1. The molecular weight excluding hydrogens is 310 g/mol. The molecule has 1 N–H and O–H groups in total. The highest BCUT2D eigenvalue weighted by Crippen LogP contribution is 2.37. The van der Waals surface area contributed by atoms with Crippen molar-refractivity contribution in [2.75, 3.05) is 13.7 Å². The summed E-state index contributed by atoms with van der Waals surface area (Å²) in [4.78, 5) is 26.6. The number of hydrogen-bond acceptors (Lipinski definition) is 9. The van der Waals surface area contributed by atoms with Gasteiger partial charge in [0.15, 0.2) is 5.82 Å². The van der Waals surface area contributed by atoms with E-state index < -0.39 is 5.76 Å². The molecule has 9 nitrogen and oxygen atoms in total. The van der Waals surface area contributed by atoms with Crippen LogP contribution in [0.15, 0.2) is 21.7 Å². The molecule has 0 aliphatic rings. The molecule has 3 heterocycles. The van der Waals surface area contributed by atoms with Crippen molar-refractivity contribution in [3.63, 3.8) is 0 Å². The summed E-state index contributed by atoms with van der Waals surface area (Å²) in [7, 11) is 1.52. The van der Waals surface area contributed by atoms with Crippen molar-refractivity contribution >= 4 is 11.3 Å². The smallest absolute Gasteiger partial charge is 0.439 e. The lowest BCUT2D eigenvalue weighted by Gasteiger charge is -1.99. The minimum Gasteiger partial charge on any atom is -0.481 e. The summed E-state index contributed by atoms with van der Waals surface area (Å²) in [6.07, 6.45) is 1.38. The Bertz CT molecular complexity index is 840. The summed E-state index contributed by atoms with van der Waals surface area (Å²) in [5.74, 6) is 0.397. The topological polar surface area (TPSA) is 116 Å². The van der Waals surface area contributed by atoms with Crippen LogP contribution >= 0.6 is 11.3 Å². The normalized spacial score (nSPS) is 10.6. The number of aromatic amines is 1. The Balaban J connectivity index is 2.07. The Kier molecular flexibility index (Phi) is 3.83. The van der Waals surface area contributed by atoms with E-state index in [4.69, 9.17) is 9.47 Å². The van der Waals surface area contributed by atoms with Crippen LogP contribution in [-0.4, -0.2) is 38.8 Å². The molecule has 3 rings (SSSR count). The molecule has 0 radical (unpaired) electrons. The van der Waals surface area contributed by atoms with E-state index in [2.05, 4.69) is 29.6 Å². The van der Waals surface area contributed by atoms with Crippen molar-refractivity contribution in [3.05, 3.63) is 22.9 Å². The average molecular weight is 321 g/mol. The Morgan fingerprint density at radius 1 is 1.41 bits per heavy atom. The largest absolute Gasteiger partial charge is 0.481 e. The third-order valence-electron chi connectivity index (χ3n) is 2.60. The number of rotatable bonds is 5. The number of hydrogen-bond donors (Lipinski definition) is 1. The SMILES string of the molecule is CCOc1nc(-c2cc(OC)ncn2)sc1-c1noc(=O)[nH]1. The molecule has 0 fully saturated rings. The predicted octanol–water partition coefficient (Wildman–Crippen LogP) is 1.35. The average Bonchev–Trinajstić information content (AvgIpc) is 3.14. The van der Waals surface area contributed by atoms with Crippen LogP contribution in [0.25, 0.3) is 21.4 Å². The minimum atomic E-state index is -0.642. The molecule has 0 atom stereocenters. The van der Waals surface area contributed by atoms with Crippen molar-refractivity contribution in [3.8, 4) is 33.2 Å². The quantitative estimate of drug-likeness (QED) is 0.748. The molecule has 0 aromatic carbocycles. The van der Waals surface area contributed by atoms with Crippen molar-refractivity contribution in [1.82, 2.24) is 25.1 Å². The second kappa shape index (κ2) is 5.93. The fourth-order valence-corrected chi connectivity index (χ4v) is 2.61. The number of thiazole rings is 1. The lowest BCUT2D eigenvalue weighted by Crippen LogP contribution is -1.96. The van der Waals surface area contributed by atoms with Gasteiger partial charge in [0.1, 0.15) is 21.9 Å². The molecule has 22 heavy (non-hydrogen) atoms. The summed E-state index contributed by atoms with van der Waals surface area (Å²) in [6, 6.07) is 1.66. The Hall–Kier alpha value is -2.75. The maximum absolute atomic E-state index is 11.1. The van der Waals surface area contributed by atoms with Gasteiger partial charge in [-0.2, -0.15) is 4.98 Å². The lowest BCUT2D eigenvalue weighted by molar-refractivity contribution is 0.330. The highest BCUT2D eigenvalue weighted by molar-refractivity contribution is 7.18. The van der Waals surface area contributed by atoms with Gasteiger partial charge in [-0.1, -0.05) is 5.16 Å². The Morgan fingerprint density at radius 2 is 2.27 bits per heavy atom. The monoisotopic (exact) mass is 321 g/mol.